The van der Waals surface area contributed by atoms with E-state index in [9.17, 15) is 4.79 Å². The number of hydrogen-bond donors (Lipinski definition) is 4. The molecule has 3 aromatic heterocycles. The van der Waals surface area contributed by atoms with Crippen LogP contribution in [0.2, 0.25) is 0 Å². The molecular formula is C20H23N9O. The Morgan fingerprint density at radius 2 is 2.07 bits per heavy atom. The lowest BCUT2D eigenvalue weighted by atomic mass is 10.3. The third-order valence-corrected chi connectivity index (χ3v) is 4.68. The van der Waals surface area contributed by atoms with Crippen molar-refractivity contribution in [1.29, 1.82) is 5.41 Å². The fraction of sp³-hybridized carbons (Fsp3) is 0.250. The molecule has 30 heavy (non-hydrogen) atoms. The molecule has 10 nitrogen and oxygen atoms in total. The van der Waals surface area contributed by atoms with Crippen molar-refractivity contribution in [2.45, 2.75) is 6.92 Å². The van der Waals surface area contributed by atoms with Gasteiger partial charge in [0.25, 0.3) is 5.91 Å². The van der Waals surface area contributed by atoms with E-state index in [1.165, 1.54) is 10.7 Å². The highest BCUT2D eigenvalue weighted by Crippen LogP contribution is 2.11. The molecule has 4 heterocycles. The molecule has 0 saturated carbocycles. The van der Waals surface area contributed by atoms with Crippen LogP contribution >= 0.6 is 0 Å². The normalized spacial score (nSPS) is 14.6. The van der Waals surface area contributed by atoms with E-state index in [4.69, 9.17) is 5.41 Å². The molecule has 0 spiro atoms. The SMILES string of the molecule is Cc1ccc(N/C(=C\C(=N)N2CCNCC2)NC(=O)c2cnn3cccnc23)nc1. The number of aromatic nitrogens is 4. The number of nitrogens with one attached hydrogen (secondary N) is 4. The fourth-order valence-electron chi connectivity index (χ4n) is 3.09. The molecule has 1 saturated heterocycles. The van der Waals surface area contributed by atoms with Gasteiger partial charge in [0.1, 0.15) is 23.0 Å². The van der Waals surface area contributed by atoms with Crippen molar-refractivity contribution >= 4 is 23.2 Å². The lowest BCUT2D eigenvalue weighted by molar-refractivity contribution is 0.0968. The standard InChI is InChI=1S/C20H23N9O/c1-14-3-4-17(24-12-14)26-18(11-16(21)28-9-6-22-7-10-28)27-20(30)15-13-25-29-8-2-5-23-19(15)29/h2-5,8,11-13,21-22H,6-7,9-10H2,1H3,(H,24,26)(H,27,30)/b18-11+,21-16?. The van der Waals surface area contributed by atoms with Crippen LogP contribution in [0.3, 0.4) is 0 Å². The maximum Gasteiger partial charge on any atom is 0.262 e. The van der Waals surface area contributed by atoms with Gasteiger partial charge < -0.3 is 20.9 Å². The van der Waals surface area contributed by atoms with Gasteiger partial charge in [-0.2, -0.15) is 5.10 Å². The number of hydrogen-bond acceptors (Lipinski definition) is 7. The first kappa shape index (κ1) is 19.5. The first-order valence-electron chi connectivity index (χ1n) is 9.65. The van der Waals surface area contributed by atoms with Crippen molar-refractivity contribution < 1.29 is 4.79 Å². The van der Waals surface area contributed by atoms with Gasteiger partial charge in [-0.15, -0.1) is 0 Å². The molecule has 0 atom stereocenters. The van der Waals surface area contributed by atoms with Gasteiger partial charge >= 0.3 is 0 Å². The van der Waals surface area contributed by atoms with Crippen molar-refractivity contribution in [3.05, 3.63) is 66.0 Å². The highest BCUT2D eigenvalue weighted by atomic mass is 16.1. The average Bonchev–Trinajstić information content (AvgIpc) is 3.20. The molecule has 0 radical (unpaired) electrons. The lowest BCUT2D eigenvalue weighted by Gasteiger charge is -2.28. The summed E-state index contributed by atoms with van der Waals surface area (Å²) in [6, 6.07) is 5.48. The number of amides is 1. The zero-order valence-electron chi connectivity index (χ0n) is 16.6. The van der Waals surface area contributed by atoms with Crippen LogP contribution in [0.5, 0.6) is 0 Å². The molecule has 3 aromatic rings. The largest absolute Gasteiger partial charge is 0.354 e. The molecule has 4 N–H and O–H groups in total. The topological polar surface area (TPSA) is 123 Å². The Balaban J connectivity index is 1.58. The maximum absolute atomic E-state index is 12.9. The van der Waals surface area contributed by atoms with Crippen LogP contribution in [0.4, 0.5) is 5.82 Å². The van der Waals surface area contributed by atoms with Crippen molar-refractivity contribution in [3.63, 3.8) is 0 Å². The predicted octanol–water partition coefficient (Wildman–Crippen LogP) is 0.998. The number of carbonyl (C=O) groups is 1. The van der Waals surface area contributed by atoms with Crippen molar-refractivity contribution in [2.24, 2.45) is 0 Å². The molecule has 0 unspecified atom stereocenters. The molecule has 1 fully saturated rings. The number of pyridine rings is 1. The van der Waals surface area contributed by atoms with Gasteiger partial charge in [0.05, 0.1) is 6.20 Å². The van der Waals surface area contributed by atoms with Crippen LogP contribution in [0, 0.1) is 12.3 Å². The molecule has 154 valence electrons. The number of amidine groups is 1. The maximum atomic E-state index is 12.9. The summed E-state index contributed by atoms with van der Waals surface area (Å²) >= 11 is 0. The van der Waals surface area contributed by atoms with E-state index in [0.29, 0.717) is 28.7 Å². The number of rotatable bonds is 5. The predicted molar refractivity (Wildman–Crippen MR) is 113 cm³/mol. The number of piperazine rings is 1. The van der Waals surface area contributed by atoms with E-state index < -0.39 is 0 Å². The minimum absolute atomic E-state index is 0.310. The van der Waals surface area contributed by atoms with Gasteiger partial charge in [0.2, 0.25) is 0 Å². The van der Waals surface area contributed by atoms with Crippen molar-refractivity contribution in [1.82, 2.24) is 35.1 Å². The molecule has 10 heteroatoms. The first-order chi connectivity index (χ1) is 14.6. The number of anilines is 1. The van der Waals surface area contributed by atoms with Crippen LogP contribution in [-0.4, -0.2) is 62.4 Å². The Morgan fingerprint density at radius 3 is 2.83 bits per heavy atom. The lowest BCUT2D eigenvalue weighted by Crippen LogP contribution is -2.46. The molecule has 1 aliphatic rings. The summed E-state index contributed by atoms with van der Waals surface area (Å²) in [6.07, 6.45) is 8.15. The summed E-state index contributed by atoms with van der Waals surface area (Å²) in [6.45, 7) is 5.06. The van der Waals surface area contributed by atoms with Gasteiger partial charge in [-0.1, -0.05) is 6.07 Å². The summed E-state index contributed by atoms with van der Waals surface area (Å²) in [5.41, 5.74) is 1.83. The summed E-state index contributed by atoms with van der Waals surface area (Å²) in [5, 5.41) is 21.8. The van der Waals surface area contributed by atoms with Crippen molar-refractivity contribution in [3.8, 4) is 0 Å². The number of nitrogens with zero attached hydrogens (tertiary/aromatic N) is 5. The Kier molecular flexibility index (Phi) is 5.66. The summed E-state index contributed by atoms with van der Waals surface area (Å²) in [4.78, 5) is 23.4. The minimum atomic E-state index is -0.373. The number of carbonyl (C=O) groups excluding carboxylic acids is 1. The number of aryl methyl sites for hydroxylation is 1. The Morgan fingerprint density at radius 1 is 1.23 bits per heavy atom. The van der Waals surface area contributed by atoms with Gasteiger partial charge in [0.15, 0.2) is 5.65 Å². The van der Waals surface area contributed by atoms with Crippen LogP contribution in [-0.2, 0) is 0 Å². The summed E-state index contributed by atoms with van der Waals surface area (Å²) < 4.78 is 1.54. The molecule has 0 aliphatic carbocycles. The molecule has 1 aliphatic heterocycles. The van der Waals surface area contributed by atoms with Crippen LogP contribution < -0.4 is 16.0 Å². The highest BCUT2D eigenvalue weighted by molar-refractivity contribution is 6.01. The summed E-state index contributed by atoms with van der Waals surface area (Å²) in [7, 11) is 0. The van der Waals surface area contributed by atoms with Gasteiger partial charge in [0, 0.05) is 50.8 Å². The quantitative estimate of drug-likeness (QED) is 0.369. The van der Waals surface area contributed by atoms with Crippen LogP contribution in [0.1, 0.15) is 15.9 Å². The zero-order chi connectivity index (χ0) is 20.9. The molecule has 0 aromatic carbocycles. The van der Waals surface area contributed by atoms with Crippen LogP contribution in [0.15, 0.2) is 54.9 Å². The zero-order valence-corrected chi connectivity index (χ0v) is 16.6. The minimum Gasteiger partial charge on any atom is -0.354 e. The monoisotopic (exact) mass is 405 g/mol. The van der Waals surface area contributed by atoms with E-state index >= 15 is 0 Å². The average molecular weight is 405 g/mol. The molecule has 4 rings (SSSR count). The Labute approximate surface area is 173 Å². The molecule has 1 amide bonds. The smallest absolute Gasteiger partial charge is 0.262 e. The second-order valence-corrected chi connectivity index (χ2v) is 6.93. The Bertz CT molecular complexity index is 1080. The molecule has 0 bridgehead atoms. The van der Waals surface area contributed by atoms with Crippen molar-refractivity contribution in [2.75, 3.05) is 31.5 Å². The van der Waals surface area contributed by atoms with Gasteiger partial charge in [-0.3, -0.25) is 10.2 Å². The van der Waals surface area contributed by atoms with Gasteiger partial charge in [-0.05, 0) is 24.6 Å². The van der Waals surface area contributed by atoms with E-state index in [2.05, 4.69) is 31.0 Å². The van der Waals surface area contributed by atoms with Crippen LogP contribution in [0.25, 0.3) is 5.65 Å². The van der Waals surface area contributed by atoms with E-state index in [1.54, 1.807) is 30.7 Å². The summed E-state index contributed by atoms with van der Waals surface area (Å²) in [5.74, 6) is 0.862. The van der Waals surface area contributed by atoms with E-state index in [0.717, 1.165) is 31.7 Å². The fourth-order valence-corrected chi connectivity index (χ4v) is 3.09. The third-order valence-electron chi connectivity index (χ3n) is 4.68. The third kappa shape index (κ3) is 4.44. The second-order valence-electron chi connectivity index (χ2n) is 6.93. The second kappa shape index (κ2) is 8.70. The van der Waals surface area contributed by atoms with E-state index in [1.807, 2.05) is 24.0 Å². The first-order valence-corrected chi connectivity index (χ1v) is 9.65. The molecular weight excluding hydrogens is 382 g/mol. The van der Waals surface area contributed by atoms with Gasteiger partial charge in [-0.25, -0.2) is 14.5 Å². The highest BCUT2D eigenvalue weighted by Gasteiger charge is 2.17. The van der Waals surface area contributed by atoms with E-state index in [-0.39, 0.29) is 5.91 Å². The Hall–Kier alpha value is -3.79. The number of fused-ring (bicyclic) bond motifs is 1.